The van der Waals surface area contributed by atoms with E-state index in [2.05, 4.69) is 23.5 Å². The summed E-state index contributed by atoms with van der Waals surface area (Å²) in [5, 5.41) is 0. The Morgan fingerprint density at radius 2 is 1.86 bits per heavy atom. The molecule has 1 aliphatic rings. The molecule has 0 amide bonds. The molecule has 2 nitrogen and oxygen atoms in total. The van der Waals surface area contributed by atoms with Crippen LogP contribution >= 0.6 is 0 Å². The molecule has 115 valence electrons. The lowest BCUT2D eigenvalue weighted by Crippen LogP contribution is -2.30. The van der Waals surface area contributed by atoms with E-state index >= 15 is 0 Å². The molecule has 0 N–H and O–H groups in total. The Bertz CT molecular complexity index is 461. The number of carbonyl (C=O) groups is 1. The molecule has 21 heavy (non-hydrogen) atoms. The lowest BCUT2D eigenvalue weighted by Gasteiger charge is -2.26. The lowest BCUT2D eigenvalue weighted by molar-refractivity contribution is 0.0978. The predicted molar refractivity (Wildman–Crippen MR) is 88.7 cm³/mol. The summed E-state index contributed by atoms with van der Waals surface area (Å²) in [5.41, 5.74) is 3.20. The number of aryl methyl sites for hydroxylation is 2. The molecule has 0 saturated carbocycles. The quantitative estimate of drug-likeness (QED) is 0.549. The van der Waals surface area contributed by atoms with Crippen molar-refractivity contribution in [2.75, 3.05) is 19.6 Å². The first-order valence-corrected chi connectivity index (χ1v) is 8.31. The maximum absolute atomic E-state index is 12.3. The summed E-state index contributed by atoms with van der Waals surface area (Å²) in [7, 11) is 0. The third-order valence-electron chi connectivity index (χ3n) is 4.37. The van der Waals surface area contributed by atoms with Crippen LogP contribution in [0.2, 0.25) is 0 Å². The van der Waals surface area contributed by atoms with Crippen molar-refractivity contribution >= 4 is 5.78 Å². The molecule has 1 aromatic carbocycles. The Balaban J connectivity index is 1.66. The second-order valence-electron chi connectivity index (χ2n) is 6.26. The standard InChI is InChI=1S/C19H28NO/c1-16-10-11-17(2)18(15-16)19(21)9-5-3-6-12-20-13-7-4-8-14-20/h4,10-11,15H,3,5-9,12-14H2,1-2H3. The second-order valence-corrected chi connectivity index (χ2v) is 6.26. The van der Waals surface area contributed by atoms with Gasteiger partial charge in [0.15, 0.2) is 5.78 Å². The van der Waals surface area contributed by atoms with Crippen LogP contribution in [0.25, 0.3) is 0 Å². The molecule has 0 spiro atoms. The van der Waals surface area contributed by atoms with Crippen LogP contribution < -0.4 is 0 Å². The van der Waals surface area contributed by atoms with Crippen molar-refractivity contribution in [2.24, 2.45) is 0 Å². The van der Waals surface area contributed by atoms with E-state index in [-0.39, 0.29) is 0 Å². The largest absolute Gasteiger partial charge is 0.303 e. The average molecular weight is 286 g/mol. The van der Waals surface area contributed by atoms with Crippen LogP contribution in [0.15, 0.2) is 18.2 Å². The molecule has 1 aliphatic heterocycles. The molecule has 0 atom stereocenters. The minimum absolute atomic E-state index is 0.309. The molecular weight excluding hydrogens is 258 g/mol. The highest BCUT2D eigenvalue weighted by molar-refractivity contribution is 5.97. The minimum Gasteiger partial charge on any atom is -0.303 e. The van der Waals surface area contributed by atoms with E-state index in [9.17, 15) is 4.79 Å². The van der Waals surface area contributed by atoms with E-state index in [0.717, 1.165) is 24.0 Å². The summed E-state index contributed by atoms with van der Waals surface area (Å²) in [4.78, 5) is 14.8. The van der Waals surface area contributed by atoms with Crippen molar-refractivity contribution in [3.63, 3.8) is 0 Å². The first-order valence-electron chi connectivity index (χ1n) is 8.31. The van der Waals surface area contributed by atoms with Gasteiger partial charge in [0.2, 0.25) is 0 Å². The van der Waals surface area contributed by atoms with Gasteiger partial charge in [-0.1, -0.05) is 24.1 Å². The first kappa shape index (κ1) is 16.2. The van der Waals surface area contributed by atoms with Gasteiger partial charge < -0.3 is 4.90 Å². The highest BCUT2D eigenvalue weighted by Crippen LogP contribution is 2.15. The topological polar surface area (TPSA) is 20.3 Å². The zero-order valence-electron chi connectivity index (χ0n) is 13.5. The van der Waals surface area contributed by atoms with Crippen LogP contribution in [0.1, 0.15) is 60.0 Å². The van der Waals surface area contributed by atoms with Gasteiger partial charge in [-0.3, -0.25) is 4.79 Å². The van der Waals surface area contributed by atoms with Crippen molar-refractivity contribution in [3.05, 3.63) is 41.3 Å². The maximum Gasteiger partial charge on any atom is 0.163 e. The van der Waals surface area contributed by atoms with E-state index in [0.29, 0.717) is 12.2 Å². The van der Waals surface area contributed by atoms with Gasteiger partial charge in [0.25, 0.3) is 0 Å². The Kier molecular flexibility index (Phi) is 6.44. The Hall–Kier alpha value is -1.15. The van der Waals surface area contributed by atoms with Crippen LogP contribution in [-0.4, -0.2) is 30.3 Å². The number of unbranched alkanes of at least 4 members (excludes halogenated alkanes) is 2. The van der Waals surface area contributed by atoms with Crippen LogP contribution in [0.3, 0.4) is 0 Å². The fraction of sp³-hybridized carbons (Fsp3) is 0.579. The molecule has 1 aromatic rings. The zero-order valence-corrected chi connectivity index (χ0v) is 13.5. The Labute approximate surface area is 129 Å². The summed E-state index contributed by atoms with van der Waals surface area (Å²) in [6, 6.07) is 6.15. The zero-order chi connectivity index (χ0) is 15.1. The van der Waals surface area contributed by atoms with Gasteiger partial charge in [-0.05, 0) is 77.2 Å². The molecule has 1 saturated heterocycles. The third-order valence-corrected chi connectivity index (χ3v) is 4.37. The minimum atomic E-state index is 0.309. The molecular formula is C19H28NO. The molecule has 1 radical (unpaired) electrons. The number of hydrogen-bond donors (Lipinski definition) is 0. The predicted octanol–water partition coefficient (Wildman–Crippen LogP) is 4.35. The monoisotopic (exact) mass is 286 g/mol. The molecule has 0 aromatic heterocycles. The number of rotatable bonds is 7. The van der Waals surface area contributed by atoms with Gasteiger partial charge in [0.05, 0.1) is 0 Å². The van der Waals surface area contributed by atoms with Gasteiger partial charge in [-0.25, -0.2) is 0 Å². The number of hydrogen-bond acceptors (Lipinski definition) is 2. The van der Waals surface area contributed by atoms with Crippen molar-refractivity contribution in [1.29, 1.82) is 0 Å². The number of Topliss-reactive ketones (excluding diaryl/α,β-unsaturated/α-hetero) is 1. The van der Waals surface area contributed by atoms with Gasteiger partial charge in [-0.15, -0.1) is 0 Å². The Morgan fingerprint density at radius 1 is 1.10 bits per heavy atom. The van der Waals surface area contributed by atoms with Crippen LogP contribution in [-0.2, 0) is 0 Å². The number of nitrogens with zero attached hydrogens (tertiary/aromatic N) is 1. The summed E-state index contributed by atoms with van der Waals surface area (Å²) in [5.74, 6) is 0.309. The maximum atomic E-state index is 12.3. The number of likely N-dealkylation sites (tertiary alicyclic amines) is 1. The second kappa shape index (κ2) is 8.33. The highest BCUT2D eigenvalue weighted by atomic mass is 16.1. The van der Waals surface area contributed by atoms with Crippen LogP contribution in [0.5, 0.6) is 0 Å². The Morgan fingerprint density at radius 3 is 2.62 bits per heavy atom. The van der Waals surface area contributed by atoms with Crippen molar-refractivity contribution < 1.29 is 4.79 Å². The van der Waals surface area contributed by atoms with Crippen molar-refractivity contribution in [3.8, 4) is 0 Å². The highest BCUT2D eigenvalue weighted by Gasteiger charge is 2.11. The first-order chi connectivity index (χ1) is 10.2. The summed E-state index contributed by atoms with van der Waals surface area (Å²) in [6.45, 7) is 7.72. The number of benzene rings is 1. The lowest BCUT2D eigenvalue weighted by atomic mass is 9.98. The fourth-order valence-electron chi connectivity index (χ4n) is 3.00. The normalized spacial score (nSPS) is 16.1. The third kappa shape index (κ3) is 5.28. The molecule has 0 bridgehead atoms. The van der Waals surface area contributed by atoms with Gasteiger partial charge in [-0.2, -0.15) is 0 Å². The molecule has 0 unspecified atom stereocenters. The molecule has 0 aliphatic carbocycles. The van der Waals surface area contributed by atoms with Crippen LogP contribution in [0, 0.1) is 20.3 Å². The average Bonchev–Trinajstić information content (AvgIpc) is 2.50. The van der Waals surface area contributed by atoms with Crippen LogP contribution in [0.4, 0.5) is 0 Å². The van der Waals surface area contributed by atoms with Gasteiger partial charge in [0, 0.05) is 12.0 Å². The van der Waals surface area contributed by atoms with E-state index in [1.165, 1.54) is 44.5 Å². The molecule has 2 heteroatoms. The van der Waals surface area contributed by atoms with E-state index in [1.54, 1.807) is 0 Å². The molecule has 1 fully saturated rings. The molecule has 2 rings (SSSR count). The molecule has 1 heterocycles. The summed E-state index contributed by atoms with van der Waals surface area (Å²) >= 11 is 0. The van der Waals surface area contributed by atoms with Gasteiger partial charge >= 0.3 is 0 Å². The number of carbonyl (C=O) groups excluding carboxylic acids is 1. The SMILES string of the molecule is Cc1ccc(C)c(C(=O)CCCCCN2CC[CH]CC2)c1. The summed E-state index contributed by atoms with van der Waals surface area (Å²) in [6.07, 6.45) is 8.97. The van der Waals surface area contributed by atoms with E-state index in [4.69, 9.17) is 0 Å². The number of piperidine rings is 1. The number of ketones is 1. The van der Waals surface area contributed by atoms with Crippen molar-refractivity contribution in [1.82, 2.24) is 4.90 Å². The fourth-order valence-corrected chi connectivity index (χ4v) is 3.00. The summed E-state index contributed by atoms with van der Waals surface area (Å²) < 4.78 is 0. The smallest absolute Gasteiger partial charge is 0.163 e. The van der Waals surface area contributed by atoms with Crippen molar-refractivity contribution in [2.45, 2.75) is 52.4 Å². The van der Waals surface area contributed by atoms with Gasteiger partial charge in [0.1, 0.15) is 0 Å². The van der Waals surface area contributed by atoms with E-state index in [1.807, 2.05) is 19.9 Å². The van der Waals surface area contributed by atoms with E-state index < -0.39 is 0 Å².